The van der Waals surface area contributed by atoms with Gasteiger partial charge in [-0.1, -0.05) is 0 Å². The van der Waals surface area contributed by atoms with Crippen LogP contribution in [-0.4, -0.2) is 21.9 Å². The van der Waals surface area contributed by atoms with E-state index in [4.69, 9.17) is 0 Å². The van der Waals surface area contributed by atoms with E-state index in [2.05, 4.69) is 31.2 Å². The fraction of sp³-hybridized carbons (Fsp3) is 0.200. The maximum atomic E-state index is 11.1. The Morgan fingerprint density at radius 3 is 2.67 bits per heavy atom. The number of nitrogens with one attached hydrogen (secondary N) is 1. The summed E-state index contributed by atoms with van der Waals surface area (Å²) >= 11 is 4.81. The first kappa shape index (κ1) is 12.9. The van der Waals surface area contributed by atoms with Crippen molar-refractivity contribution in [2.75, 3.05) is 12.4 Å². The molecule has 0 aliphatic carbocycles. The molecule has 0 bridgehead atoms. The highest BCUT2D eigenvalue weighted by Crippen LogP contribution is 2.37. The third-order valence-corrected chi connectivity index (χ3v) is 4.04. The normalized spacial score (nSPS) is 10.4. The lowest BCUT2D eigenvalue weighted by Crippen LogP contribution is -2.04. The van der Waals surface area contributed by atoms with Crippen molar-refractivity contribution in [2.24, 2.45) is 0 Å². The first-order chi connectivity index (χ1) is 8.54. The molecule has 0 aliphatic rings. The number of nitrogens with zero attached hydrogens (tertiary/aromatic N) is 3. The van der Waals surface area contributed by atoms with E-state index in [0.717, 1.165) is 4.47 Å². The van der Waals surface area contributed by atoms with Gasteiger partial charge in [0.1, 0.15) is 5.69 Å². The van der Waals surface area contributed by atoms with Crippen LogP contribution >= 0.6 is 27.3 Å². The molecule has 2 aromatic heterocycles. The van der Waals surface area contributed by atoms with Gasteiger partial charge in [0.2, 0.25) is 5.95 Å². The summed E-state index contributed by atoms with van der Waals surface area (Å²) in [5, 5.41) is 17.6. The Balaban J connectivity index is 2.74. The summed E-state index contributed by atoms with van der Waals surface area (Å²) in [5.41, 5.74) is 1.30. The van der Waals surface area contributed by atoms with E-state index < -0.39 is 4.92 Å². The summed E-state index contributed by atoms with van der Waals surface area (Å²) in [6, 6.07) is 0. The monoisotopic (exact) mass is 328 g/mol. The van der Waals surface area contributed by atoms with Crippen molar-refractivity contribution < 1.29 is 4.92 Å². The fourth-order valence-corrected chi connectivity index (χ4v) is 3.00. The molecule has 0 fully saturated rings. The molecule has 6 nitrogen and oxygen atoms in total. The smallest absolute Gasteiger partial charge is 0.316 e. The number of aromatic nitrogens is 2. The summed E-state index contributed by atoms with van der Waals surface area (Å²) in [6.45, 7) is 1.60. The number of thiophene rings is 1. The summed E-state index contributed by atoms with van der Waals surface area (Å²) in [6.07, 6.45) is 0. The SMILES string of the molecule is CNc1nc(C)c([N+](=O)[O-])c(-c2cscc2Br)n1. The Kier molecular flexibility index (Phi) is 3.58. The molecule has 0 atom stereocenters. The van der Waals surface area contributed by atoms with Gasteiger partial charge < -0.3 is 5.32 Å². The van der Waals surface area contributed by atoms with E-state index >= 15 is 0 Å². The zero-order valence-electron chi connectivity index (χ0n) is 9.60. The van der Waals surface area contributed by atoms with Crippen molar-refractivity contribution >= 4 is 38.9 Å². The lowest BCUT2D eigenvalue weighted by atomic mass is 10.2. The van der Waals surface area contributed by atoms with E-state index in [0.29, 0.717) is 22.9 Å². The van der Waals surface area contributed by atoms with E-state index in [1.54, 1.807) is 14.0 Å². The topological polar surface area (TPSA) is 81.0 Å². The second-order valence-electron chi connectivity index (χ2n) is 3.47. The molecular weight excluding hydrogens is 320 g/mol. The van der Waals surface area contributed by atoms with Gasteiger partial charge in [0.05, 0.1) is 4.92 Å². The standard InChI is InChI=1S/C10H9BrN4O2S/c1-5-9(15(16)17)8(14-10(12-2)13-5)6-3-18-4-7(6)11/h3-4H,1-2H3,(H,12,13,14). The van der Waals surface area contributed by atoms with Gasteiger partial charge in [0.25, 0.3) is 0 Å². The number of hydrogen-bond donors (Lipinski definition) is 1. The summed E-state index contributed by atoms with van der Waals surface area (Å²) in [4.78, 5) is 18.9. The molecule has 0 amide bonds. The zero-order chi connectivity index (χ0) is 13.3. The van der Waals surface area contributed by atoms with Crippen LogP contribution in [0.4, 0.5) is 11.6 Å². The molecule has 2 aromatic rings. The molecule has 0 saturated carbocycles. The predicted molar refractivity (Wildman–Crippen MR) is 74.0 cm³/mol. The Labute approximate surface area is 115 Å². The lowest BCUT2D eigenvalue weighted by molar-refractivity contribution is -0.385. The maximum absolute atomic E-state index is 11.1. The van der Waals surface area contributed by atoms with Crippen LogP contribution in [0.25, 0.3) is 11.3 Å². The highest BCUT2D eigenvalue weighted by atomic mass is 79.9. The van der Waals surface area contributed by atoms with Crippen LogP contribution in [0, 0.1) is 17.0 Å². The van der Waals surface area contributed by atoms with Gasteiger partial charge in [0.15, 0.2) is 5.69 Å². The Morgan fingerprint density at radius 1 is 1.44 bits per heavy atom. The Morgan fingerprint density at radius 2 is 2.17 bits per heavy atom. The predicted octanol–water partition coefficient (Wildman–Crippen LogP) is 3.23. The van der Waals surface area contributed by atoms with Crippen LogP contribution in [0.3, 0.4) is 0 Å². The van der Waals surface area contributed by atoms with Gasteiger partial charge in [0, 0.05) is 27.8 Å². The van der Waals surface area contributed by atoms with Gasteiger partial charge in [-0.3, -0.25) is 10.1 Å². The van der Waals surface area contributed by atoms with Crippen molar-refractivity contribution in [3.8, 4) is 11.3 Å². The van der Waals surface area contributed by atoms with Gasteiger partial charge in [-0.25, -0.2) is 9.97 Å². The van der Waals surface area contributed by atoms with Crippen LogP contribution in [0.1, 0.15) is 5.69 Å². The molecule has 0 spiro atoms. The zero-order valence-corrected chi connectivity index (χ0v) is 12.0. The molecule has 2 heterocycles. The van der Waals surface area contributed by atoms with Crippen molar-refractivity contribution in [2.45, 2.75) is 6.92 Å². The first-order valence-electron chi connectivity index (χ1n) is 4.97. The number of aryl methyl sites for hydroxylation is 1. The number of halogens is 1. The van der Waals surface area contributed by atoms with Crippen LogP contribution in [0.15, 0.2) is 15.2 Å². The van der Waals surface area contributed by atoms with E-state index in [9.17, 15) is 10.1 Å². The molecule has 2 rings (SSSR count). The van der Waals surface area contributed by atoms with Crippen LogP contribution in [-0.2, 0) is 0 Å². The molecule has 0 aromatic carbocycles. The van der Waals surface area contributed by atoms with Gasteiger partial charge in [-0.15, -0.1) is 0 Å². The number of nitro groups is 1. The molecule has 94 valence electrons. The molecule has 0 radical (unpaired) electrons. The van der Waals surface area contributed by atoms with Crippen molar-refractivity contribution in [1.82, 2.24) is 9.97 Å². The van der Waals surface area contributed by atoms with Gasteiger partial charge in [-0.2, -0.15) is 11.3 Å². The third-order valence-electron chi connectivity index (χ3n) is 2.33. The second-order valence-corrected chi connectivity index (χ2v) is 5.07. The van der Waals surface area contributed by atoms with Crippen molar-refractivity contribution in [3.05, 3.63) is 31.0 Å². The largest absolute Gasteiger partial charge is 0.357 e. The molecule has 0 aliphatic heterocycles. The van der Waals surface area contributed by atoms with Crippen LogP contribution in [0.2, 0.25) is 0 Å². The molecule has 0 unspecified atom stereocenters. The maximum Gasteiger partial charge on any atom is 0.316 e. The average molecular weight is 329 g/mol. The fourth-order valence-electron chi connectivity index (χ4n) is 1.54. The van der Waals surface area contributed by atoms with E-state index in [-0.39, 0.29) is 5.69 Å². The summed E-state index contributed by atoms with van der Waals surface area (Å²) in [7, 11) is 1.67. The number of hydrogen-bond acceptors (Lipinski definition) is 6. The lowest BCUT2D eigenvalue weighted by Gasteiger charge is -2.06. The minimum atomic E-state index is -0.450. The average Bonchev–Trinajstić information content (AvgIpc) is 2.73. The Bertz CT molecular complexity index is 614. The number of anilines is 1. The molecule has 0 saturated heterocycles. The minimum Gasteiger partial charge on any atom is -0.357 e. The quantitative estimate of drug-likeness (QED) is 0.691. The highest BCUT2D eigenvalue weighted by Gasteiger charge is 2.24. The van der Waals surface area contributed by atoms with Gasteiger partial charge in [-0.05, 0) is 22.9 Å². The summed E-state index contributed by atoms with van der Waals surface area (Å²) < 4.78 is 0.788. The third kappa shape index (κ3) is 2.21. The highest BCUT2D eigenvalue weighted by molar-refractivity contribution is 9.10. The van der Waals surface area contributed by atoms with Crippen molar-refractivity contribution in [3.63, 3.8) is 0 Å². The van der Waals surface area contributed by atoms with Crippen LogP contribution < -0.4 is 5.32 Å². The van der Waals surface area contributed by atoms with Gasteiger partial charge >= 0.3 is 5.69 Å². The molecule has 18 heavy (non-hydrogen) atoms. The van der Waals surface area contributed by atoms with E-state index in [1.807, 2.05) is 10.8 Å². The second kappa shape index (κ2) is 4.99. The van der Waals surface area contributed by atoms with E-state index in [1.165, 1.54) is 11.3 Å². The number of rotatable bonds is 3. The van der Waals surface area contributed by atoms with Crippen LogP contribution in [0.5, 0.6) is 0 Å². The molecule has 1 N–H and O–H groups in total. The molecule has 8 heteroatoms. The van der Waals surface area contributed by atoms with Crippen molar-refractivity contribution in [1.29, 1.82) is 0 Å². The molecular formula is C10H9BrN4O2S. The minimum absolute atomic E-state index is 0.0619. The first-order valence-corrected chi connectivity index (χ1v) is 6.71. The summed E-state index contributed by atoms with van der Waals surface area (Å²) in [5.74, 6) is 0.367. The Hall–Kier alpha value is -1.54.